The first-order chi connectivity index (χ1) is 11.5. The molecule has 2 atom stereocenters. The molecule has 3 N–H and O–H groups in total. The van der Waals surface area contributed by atoms with Gasteiger partial charge in [0.25, 0.3) is 0 Å². The molecule has 0 bridgehead atoms. The minimum atomic E-state index is -3.88. The van der Waals surface area contributed by atoms with Gasteiger partial charge in [-0.25, -0.2) is 13.2 Å². The Balaban J connectivity index is 3.01. The fourth-order valence-electron chi connectivity index (χ4n) is 2.30. The van der Waals surface area contributed by atoms with E-state index in [4.69, 9.17) is 0 Å². The van der Waals surface area contributed by atoms with Crippen LogP contribution in [0.15, 0.2) is 35.2 Å². The number of hydrogen-bond acceptors (Lipinski definition) is 4. The van der Waals surface area contributed by atoms with Crippen molar-refractivity contribution in [3.8, 4) is 0 Å². The van der Waals surface area contributed by atoms with E-state index in [0.29, 0.717) is 0 Å². The van der Waals surface area contributed by atoms with Crippen LogP contribution in [0.4, 0.5) is 0 Å². The lowest BCUT2D eigenvalue weighted by molar-refractivity contribution is -0.143. The summed E-state index contributed by atoms with van der Waals surface area (Å²) in [6.07, 6.45) is 0.252. The Morgan fingerprint density at radius 3 is 2.08 bits per heavy atom. The molecule has 0 spiro atoms. The number of aliphatic carboxylic acids is 1. The number of hydrogen-bond donors (Lipinski definition) is 3. The van der Waals surface area contributed by atoms with Gasteiger partial charge in [0.15, 0.2) is 0 Å². The van der Waals surface area contributed by atoms with E-state index < -0.39 is 34.0 Å². The van der Waals surface area contributed by atoms with Gasteiger partial charge in [0.05, 0.1) is 4.90 Å². The third kappa shape index (κ3) is 6.47. The summed E-state index contributed by atoms with van der Waals surface area (Å²) >= 11 is 0. The zero-order valence-corrected chi connectivity index (χ0v) is 15.7. The average Bonchev–Trinajstić information content (AvgIpc) is 2.51. The molecule has 0 aromatic heterocycles. The average molecular weight is 370 g/mol. The maximum absolute atomic E-state index is 12.5. The topological polar surface area (TPSA) is 113 Å². The standard InChI is InChI=1S/C17H26N2O5S/c1-11(2)10-14(16(20)18-15(12(3)4)17(21)22)19-25(23,24)13-8-6-5-7-9-13/h5-9,11-12,14-15,19H,10H2,1-4H3,(H,18,20)(H,21,22)/t14-,15-/m0/s1. The summed E-state index contributed by atoms with van der Waals surface area (Å²) in [6, 6.07) is 5.60. The SMILES string of the molecule is CC(C)C[C@H](NS(=O)(=O)c1ccccc1)C(=O)N[C@H](C(=O)O)C(C)C. The zero-order valence-electron chi connectivity index (χ0n) is 14.9. The van der Waals surface area contributed by atoms with Crippen LogP contribution in [0.5, 0.6) is 0 Å². The lowest BCUT2D eigenvalue weighted by Crippen LogP contribution is -2.53. The minimum absolute atomic E-state index is 0.0385. The molecule has 0 aliphatic heterocycles. The highest BCUT2D eigenvalue weighted by Gasteiger charge is 2.30. The van der Waals surface area contributed by atoms with Crippen molar-refractivity contribution in [3.63, 3.8) is 0 Å². The van der Waals surface area contributed by atoms with Gasteiger partial charge in [-0.2, -0.15) is 4.72 Å². The Hall–Kier alpha value is -1.93. The van der Waals surface area contributed by atoms with Gasteiger partial charge in [0.2, 0.25) is 15.9 Å². The van der Waals surface area contributed by atoms with E-state index in [-0.39, 0.29) is 23.2 Å². The van der Waals surface area contributed by atoms with E-state index in [1.54, 1.807) is 32.0 Å². The van der Waals surface area contributed by atoms with E-state index in [0.717, 1.165) is 0 Å². The van der Waals surface area contributed by atoms with Crippen LogP contribution in [-0.4, -0.2) is 37.5 Å². The summed E-state index contributed by atoms with van der Waals surface area (Å²) in [5.74, 6) is -2.09. The van der Waals surface area contributed by atoms with Crippen molar-refractivity contribution in [2.45, 2.75) is 51.1 Å². The smallest absolute Gasteiger partial charge is 0.326 e. The van der Waals surface area contributed by atoms with Crippen LogP contribution in [0.3, 0.4) is 0 Å². The van der Waals surface area contributed by atoms with Crippen molar-refractivity contribution in [1.29, 1.82) is 0 Å². The molecular formula is C17H26N2O5S. The molecule has 0 unspecified atom stereocenters. The Morgan fingerprint density at radius 1 is 1.08 bits per heavy atom. The molecule has 140 valence electrons. The molecule has 1 rings (SSSR count). The molecule has 25 heavy (non-hydrogen) atoms. The fraction of sp³-hybridized carbons (Fsp3) is 0.529. The second-order valence-electron chi connectivity index (χ2n) is 6.68. The molecule has 0 aliphatic carbocycles. The first-order valence-electron chi connectivity index (χ1n) is 8.15. The summed E-state index contributed by atoms with van der Waals surface area (Å²) < 4.78 is 27.3. The number of amides is 1. The van der Waals surface area contributed by atoms with Gasteiger partial charge in [-0.05, 0) is 30.4 Å². The van der Waals surface area contributed by atoms with Gasteiger partial charge in [-0.15, -0.1) is 0 Å². The van der Waals surface area contributed by atoms with Crippen LogP contribution in [-0.2, 0) is 19.6 Å². The second-order valence-corrected chi connectivity index (χ2v) is 8.40. The number of nitrogens with one attached hydrogen (secondary N) is 2. The number of rotatable bonds is 9. The highest BCUT2D eigenvalue weighted by molar-refractivity contribution is 7.89. The normalized spacial score (nSPS) is 14.3. The summed E-state index contributed by atoms with van der Waals surface area (Å²) in [5, 5.41) is 11.6. The van der Waals surface area contributed by atoms with Crippen molar-refractivity contribution in [1.82, 2.24) is 10.0 Å². The number of carbonyl (C=O) groups is 2. The van der Waals surface area contributed by atoms with Crippen LogP contribution in [0.2, 0.25) is 0 Å². The molecular weight excluding hydrogens is 344 g/mol. The molecule has 8 heteroatoms. The first-order valence-corrected chi connectivity index (χ1v) is 9.63. The van der Waals surface area contributed by atoms with Crippen molar-refractivity contribution >= 4 is 21.9 Å². The van der Waals surface area contributed by atoms with Crippen LogP contribution in [0.1, 0.15) is 34.1 Å². The first kappa shape index (κ1) is 21.1. The van der Waals surface area contributed by atoms with Crippen molar-refractivity contribution in [3.05, 3.63) is 30.3 Å². The molecule has 0 aliphatic rings. The molecule has 1 amide bonds. The maximum Gasteiger partial charge on any atom is 0.326 e. The molecule has 1 aromatic rings. The summed E-state index contributed by atoms with van der Waals surface area (Å²) in [5.41, 5.74) is 0. The molecule has 7 nitrogen and oxygen atoms in total. The van der Waals surface area contributed by atoms with Crippen molar-refractivity contribution < 1.29 is 23.1 Å². The zero-order chi connectivity index (χ0) is 19.2. The largest absolute Gasteiger partial charge is 0.480 e. The van der Waals surface area contributed by atoms with Gasteiger partial charge in [-0.3, -0.25) is 4.79 Å². The molecule has 0 radical (unpaired) electrons. The van der Waals surface area contributed by atoms with Crippen LogP contribution >= 0.6 is 0 Å². The predicted octanol–water partition coefficient (Wildman–Crippen LogP) is 1.60. The van der Waals surface area contributed by atoms with E-state index in [1.165, 1.54) is 12.1 Å². The lowest BCUT2D eigenvalue weighted by atomic mass is 10.0. The van der Waals surface area contributed by atoms with Gasteiger partial charge < -0.3 is 10.4 Å². The van der Waals surface area contributed by atoms with E-state index in [9.17, 15) is 23.1 Å². The van der Waals surface area contributed by atoms with Gasteiger partial charge in [0, 0.05) is 0 Å². The molecule has 1 aromatic carbocycles. The fourth-order valence-corrected chi connectivity index (χ4v) is 3.53. The Kier molecular flexibility index (Phi) is 7.57. The highest BCUT2D eigenvalue weighted by Crippen LogP contribution is 2.13. The summed E-state index contributed by atoms with van der Waals surface area (Å²) in [4.78, 5) is 23.8. The van der Waals surface area contributed by atoms with Gasteiger partial charge >= 0.3 is 5.97 Å². The Labute approximate surface area is 148 Å². The summed E-state index contributed by atoms with van der Waals surface area (Å²) in [6.45, 7) is 7.05. The van der Waals surface area contributed by atoms with E-state index in [2.05, 4.69) is 10.0 Å². The monoisotopic (exact) mass is 370 g/mol. The lowest BCUT2D eigenvalue weighted by Gasteiger charge is -2.24. The third-order valence-corrected chi connectivity index (χ3v) is 5.09. The molecule has 0 fully saturated rings. The number of benzene rings is 1. The van der Waals surface area contributed by atoms with Crippen LogP contribution in [0, 0.1) is 11.8 Å². The highest BCUT2D eigenvalue weighted by atomic mass is 32.2. The maximum atomic E-state index is 12.5. The van der Waals surface area contributed by atoms with Crippen molar-refractivity contribution in [2.75, 3.05) is 0 Å². The number of carbonyl (C=O) groups excluding carboxylic acids is 1. The Morgan fingerprint density at radius 2 is 1.64 bits per heavy atom. The van der Waals surface area contributed by atoms with Crippen LogP contribution < -0.4 is 10.0 Å². The predicted molar refractivity (Wildman–Crippen MR) is 94.4 cm³/mol. The molecule has 0 heterocycles. The molecule has 0 saturated carbocycles. The quantitative estimate of drug-likeness (QED) is 0.611. The number of sulfonamides is 1. The second kappa shape index (κ2) is 8.96. The van der Waals surface area contributed by atoms with Gasteiger partial charge in [-0.1, -0.05) is 45.9 Å². The summed E-state index contributed by atoms with van der Waals surface area (Å²) in [7, 11) is -3.88. The third-order valence-electron chi connectivity index (χ3n) is 3.60. The van der Waals surface area contributed by atoms with E-state index in [1.807, 2.05) is 13.8 Å². The number of carboxylic acid groups (broad SMARTS) is 1. The Bertz CT molecular complexity index is 686. The minimum Gasteiger partial charge on any atom is -0.480 e. The molecule has 0 saturated heterocycles. The van der Waals surface area contributed by atoms with Crippen LogP contribution in [0.25, 0.3) is 0 Å². The van der Waals surface area contributed by atoms with Crippen molar-refractivity contribution in [2.24, 2.45) is 11.8 Å². The number of carboxylic acids is 1. The van der Waals surface area contributed by atoms with E-state index >= 15 is 0 Å². The van der Waals surface area contributed by atoms with Gasteiger partial charge in [0.1, 0.15) is 12.1 Å².